The Balaban J connectivity index is 1.60. The fourth-order valence-electron chi connectivity index (χ4n) is 4.37. The minimum atomic E-state index is -4.52. The summed E-state index contributed by atoms with van der Waals surface area (Å²) in [5, 5.41) is 7.16. The number of hydrogen-bond donors (Lipinski definition) is 1. The van der Waals surface area contributed by atoms with Gasteiger partial charge in [-0.05, 0) is 23.6 Å². The molecule has 1 amide bonds. The van der Waals surface area contributed by atoms with Crippen molar-refractivity contribution < 1.29 is 26.7 Å². The van der Waals surface area contributed by atoms with Gasteiger partial charge in [0.15, 0.2) is 5.69 Å². The van der Waals surface area contributed by atoms with Crippen molar-refractivity contribution in [1.82, 2.24) is 19.7 Å². The van der Waals surface area contributed by atoms with Gasteiger partial charge in [0.1, 0.15) is 5.82 Å². The molecule has 1 aromatic carbocycles. The van der Waals surface area contributed by atoms with Crippen LogP contribution in [-0.4, -0.2) is 50.6 Å². The Labute approximate surface area is 198 Å². The van der Waals surface area contributed by atoms with Crippen LogP contribution in [0.3, 0.4) is 0 Å². The molecular formula is C24H24F5N5O. The van der Waals surface area contributed by atoms with Gasteiger partial charge in [-0.15, -0.1) is 0 Å². The predicted octanol–water partition coefficient (Wildman–Crippen LogP) is 5.10. The molecule has 3 heterocycles. The van der Waals surface area contributed by atoms with Gasteiger partial charge in [0.05, 0.1) is 18.2 Å². The van der Waals surface area contributed by atoms with Crippen molar-refractivity contribution in [2.24, 2.45) is 13.0 Å². The van der Waals surface area contributed by atoms with E-state index in [0.717, 1.165) is 16.5 Å². The van der Waals surface area contributed by atoms with Crippen molar-refractivity contribution in [1.29, 1.82) is 0 Å². The van der Waals surface area contributed by atoms with E-state index in [0.29, 0.717) is 11.8 Å². The summed E-state index contributed by atoms with van der Waals surface area (Å²) < 4.78 is 68.9. The van der Waals surface area contributed by atoms with Gasteiger partial charge in [-0.1, -0.05) is 37.3 Å². The molecule has 2 aromatic heterocycles. The van der Waals surface area contributed by atoms with Gasteiger partial charge in [-0.25, -0.2) is 13.8 Å². The van der Waals surface area contributed by atoms with Crippen LogP contribution in [0.5, 0.6) is 0 Å². The predicted molar refractivity (Wildman–Crippen MR) is 120 cm³/mol. The van der Waals surface area contributed by atoms with Gasteiger partial charge >= 0.3 is 6.18 Å². The maximum Gasteiger partial charge on any atom is 0.417 e. The van der Waals surface area contributed by atoms with E-state index in [9.17, 15) is 26.7 Å². The summed E-state index contributed by atoms with van der Waals surface area (Å²) in [6.45, 7) is 0.874. The van der Waals surface area contributed by atoms with Crippen molar-refractivity contribution in [3.05, 3.63) is 66.1 Å². The third-order valence-corrected chi connectivity index (χ3v) is 6.04. The van der Waals surface area contributed by atoms with Crippen LogP contribution in [0.4, 0.5) is 27.8 Å². The fourth-order valence-corrected chi connectivity index (χ4v) is 4.37. The van der Waals surface area contributed by atoms with Gasteiger partial charge < -0.3 is 10.2 Å². The normalized spacial score (nSPS) is 20.0. The number of likely N-dealkylation sites (tertiary alicyclic amines) is 1. The number of anilines is 1. The average molecular weight is 493 g/mol. The average Bonchev–Trinajstić information content (AvgIpc) is 3.19. The molecule has 1 fully saturated rings. The monoisotopic (exact) mass is 493 g/mol. The Bertz CT molecular complexity index is 1180. The number of hydrogen-bond acceptors (Lipinski definition) is 4. The van der Waals surface area contributed by atoms with E-state index < -0.39 is 48.5 Å². The zero-order valence-electron chi connectivity index (χ0n) is 19.1. The van der Waals surface area contributed by atoms with Crippen molar-refractivity contribution in [3.63, 3.8) is 0 Å². The van der Waals surface area contributed by atoms with E-state index in [4.69, 9.17) is 0 Å². The molecule has 1 saturated heterocycles. The van der Waals surface area contributed by atoms with Crippen LogP contribution in [-0.2, 0) is 13.2 Å². The van der Waals surface area contributed by atoms with Gasteiger partial charge in [-0.3, -0.25) is 9.48 Å². The number of carbonyl (C=O) groups excluding carboxylic acids is 1. The van der Waals surface area contributed by atoms with E-state index in [1.165, 1.54) is 10.7 Å². The third kappa shape index (κ3) is 5.44. The number of benzene rings is 1. The molecule has 3 aromatic rings. The topological polar surface area (TPSA) is 63.1 Å². The van der Waals surface area contributed by atoms with Crippen LogP contribution in [0.2, 0.25) is 0 Å². The highest BCUT2D eigenvalue weighted by molar-refractivity contribution is 5.99. The zero-order chi connectivity index (χ0) is 25.4. The summed E-state index contributed by atoms with van der Waals surface area (Å²) in [6, 6.07) is 10.4. The van der Waals surface area contributed by atoms with Crippen LogP contribution in [0, 0.1) is 5.92 Å². The summed E-state index contributed by atoms with van der Waals surface area (Å²) in [4.78, 5) is 18.4. The van der Waals surface area contributed by atoms with Gasteiger partial charge in [-0.2, -0.15) is 18.3 Å². The number of halogens is 5. The second-order valence-electron chi connectivity index (χ2n) is 8.78. The maximum absolute atomic E-state index is 14.5. The van der Waals surface area contributed by atoms with Crippen LogP contribution in [0.25, 0.3) is 11.1 Å². The first-order valence-corrected chi connectivity index (χ1v) is 11.0. The molecule has 0 saturated carbocycles. The molecule has 1 aliphatic rings. The lowest BCUT2D eigenvalue weighted by atomic mass is 9.88. The minimum absolute atomic E-state index is 0.0366. The highest BCUT2D eigenvalue weighted by atomic mass is 19.4. The van der Waals surface area contributed by atoms with Crippen LogP contribution in [0.15, 0.2) is 54.9 Å². The van der Waals surface area contributed by atoms with Crippen LogP contribution in [0.1, 0.15) is 29.4 Å². The number of nitrogens with one attached hydrogen (secondary N) is 1. The number of alkyl halides is 5. The Kier molecular flexibility index (Phi) is 6.52. The van der Waals surface area contributed by atoms with E-state index in [1.54, 1.807) is 44.4 Å². The van der Waals surface area contributed by atoms with Crippen molar-refractivity contribution in [2.75, 3.05) is 18.4 Å². The minimum Gasteiger partial charge on any atom is -0.368 e. The van der Waals surface area contributed by atoms with Crippen LogP contribution < -0.4 is 5.32 Å². The Morgan fingerprint density at radius 2 is 1.89 bits per heavy atom. The molecule has 0 bridgehead atoms. The molecule has 0 spiro atoms. The van der Waals surface area contributed by atoms with Crippen molar-refractivity contribution in [2.45, 2.75) is 31.5 Å². The number of aromatic nitrogens is 3. The van der Waals surface area contributed by atoms with Gasteiger partial charge in [0.2, 0.25) is 0 Å². The Morgan fingerprint density at radius 1 is 1.17 bits per heavy atom. The third-order valence-electron chi connectivity index (χ3n) is 6.04. The van der Waals surface area contributed by atoms with E-state index >= 15 is 0 Å². The smallest absolute Gasteiger partial charge is 0.368 e. The first-order chi connectivity index (χ1) is 16.4. The highest BCUT2D eigenvalue weighted by Crippen LogP contribution is 2.36. The molecule has 35 heavy (non-hydrogen) atoms. The summed E-state index contributed by atoms with van der Waals surface area (Å²) in [7, 11) is 1.64. The molecule has 0 unspecified atom stereocenters. The van der Waals surface area contributed by atoms with Gasteiger partial charge in [0, 0.05) is 38.0 Å². The number of nitrogens with zero attached hydrogens (tertiary/aromatic N) is 4. The van der Waals surface area contributed by atoms with Crippen molar-refractivity contribution >= 4 is 11.7 Å². The molecule has 1 aliphatic heterocycles. The second kappa shape index (κ2) is 9.27. The standard InChI is InChI=1S/C24H24F5N5O/c1-15-10-23(25,26)14-34(19(15)12-31-20-9-8-17(11-30-20)24(27,28)29)22(35)21-18(13-33(2)32-21)16-6-4-3-5-7-16/h3-9,11,13,15,19H,10,12,14H2,1-2H3,(H,30,31)/t15-,19-/m1/s1. The molecular weight excluding hydrogens is 469 g/mol. The fraction of sp³-hybridized carbons (Fsp3) is 0.375. The first kappa shape index (κ1) is 24.6. The summed E-state index contributed by atoms with van der Waals surface area (Å²) in [5.74, 6) is -4.16. The van der Waals surface area contributed by atoms with E-state index in [1.807, 2.05) is 6.07 Å². The van der Waals surface area contributed by atoms with E-state index in [2.05, 4.69) is 15.4 Å². The first-order valence-electron chi connectivity index (χ1n) is 11.0. The molecule has 186 valence electrons. The molecule has 11 heteroatoms. The summed E-state index contributed by atoms with van der Waals surface area (Å²) >= 11 is 0. The SMILES string of the molecule is C[C@@H]1CC(F)(F)CN(C(=O)c2nn(C)cc2-c2ccccc2)[C@@H]1CNc1ccc(C(F)(F)F)cn1. The lowest BCUT2D eigenvalue weighted by Gasteiger charge is -2.43. The lowest BCUT2D eigenvalue weighted by Crippen LogP contribution is -2.57. The molecule has 2 atom stereocenters. The number of amides is 1. The Hall–Kier alpha value is -3.50. The summed E-state index contributed by atoms with van der Waals surface area (Å²) in [6.07, 6.45) is -2.58. The largest absolute Gasteiger partial charge is 0.417 e. The quantitative estimate of drug-likeness (QED) is 0.503. The molecule has 1 N–H and O–H groups in total. The molecule has 4 rings (SSSR count). The molecule has 0 radical (unpaired) electrons. The van der Waals surface area contributed by atoms with E-state index in [-0.39, 0.29) is 18.1 Å². The molecule has 0 aliphatic carbocycles. The highest BCUT2D eigenvalue weighted by Gasteiger charge is 2.46. The number of carbonyl (C=O) groups is 1. The zero-order valence-corrected chi connectivity index (χ0v) is 19.1. The number of pyridine rings is 1. The molecule has 6 nitrogen and oxygen atoms in total. The number of rotatable bonds is 5. The number of aryl methyl sites for hydroxylation is 1. The summed E-state index contributed by atoms with van der Waals surface area (Å²) in [5.41, 5.74) is 0.413. The number of piperidine rings is 1. The second-order valence-corrected chi connectivity index (χ2v) is 8.78. The Morgan fingerprint density at radius 3 is 2.51 bits per heavy atom. The van der Waals surface area contributed by atoms with Crippen molar-refractivity contribution in [3.8, 4) is 11.1 Å². The maximum atomic E-state index is 14.5. The van der Waals surface area contributed by atoms with Crippen LogP contribution >= 0.6 is 0 Å². The van der Waals surface area contributed by atoms with Gasteiger partial charge in [0.25, 0.3) is 11.8 Å². The lowest BCUT2D eigenvalue weighted by molar-refractivity contribution is -0.137.